The molecule has 1 amide bonds. The van der Waals surface area contributed by atoms with Gasteiger partial charge in [0.1, 0.15) is 0 Å². The third-order valence-electron chi connectivity index (χ3n) is 3.40. The molecule has 0 radical (unpaired) electrons. The highest BCUT2D eigenvalue weighted by atomic mass is 16.4. The fourth-order valence-corrected chi connectivity index (χ4v) is 2.46. The van der Waals surface area contributed by atoms with E-state index in [1.807, 2.05) is 20.8 Å². The first-order valence-electron chi connectivity index (χ1n) is 6.75. The van der Waals surface area contributed by atoms with Crippen molar-refractivity contribution in [1.82, 2.24) is 9.88 Å². The van der Waals surface area contributed by atoms with Crippen molar-refractivity contribution in [2.24, 2.45) is 5.41 Å². The first-order valence-corrected chi connectivity index (χ1v) is 6.75. The number of hydrogen-bond acceptors (Lipinski definition) is 3. The molecule has 5 nitrogen and oxygen atoms in total. The van der Waals surface area contributed by atoms with Crippen LogP contribution in [-0.2, 0) is 17.8 Å². The minimum atomic E-state index is -0.955. The Balaban J connectivity index is 2.18. The number of aromatic nitrogens is 1. The van der Waals surface area contributed by atoms with Gasteiger partial charge < -0.3 is 10.0 Å². The highest BCUT2D eigenvalue weighted by Crippen LogP contribution is 2.25. The molecule has 0 fully saturated rings. The minimum absolute atomic E-state index is 0.0431. The van der Waals surface area contributed by atoms with E-state index >= 15 is 0 Å². The zero-order chi connectivity index (χ0) is 14.9. The van der Waals surface area contributed by atoms with E-state index in [2.05, 4.69) is 4.98 Å². The summed E-state index contributed by atoms with van der Waals surface area (Å²) in [6.07, 6.45) is 4.12. The van der Waals surface area contributed by atoms with Gasteiger partial charge in [-0.25, -0.2) is 4.79 Å². The van der Waals surface area contributed by atoms with E-state index in [0.29, 0.717) is 25.9 Å². The summed E-state index contributed by atoms with van der Waals surface area (Å²) in [4.78, 5) is 29.1. The minimum Gasteiger partial charge on any atom is -0.478 e. The number of carbonyl (C=O) groups excluding carboxylic acids is 1. The summed E-state index contributed by atoms with van der Waals surface area (Å²) in [5.41, 5.74) is 1.87. The largest absolute Gasteiger partial charge is 0.478 e. The number of amides is 1. The summed E-state index contributed by atoms with van der Waals surface area (Å²) in [6, 6.07) is 0. The first kappa shape index (κ1) is 14.5. The van der Waals surface area contributed by atoms with Crippen LogP contribution in [0.2, 0.25) is 0 Å². The van der Waals surface area contributed by atoms with Crippen LogP contribution in [-0.4, -0.2) is 33.4 Å². The number of fused-ring (bicyclic) bond motifs is 1. The van der Waals surface area contributed by atoms with Crippen LogP contribution in [0.25, 0.3) is 0 Å². The van der Waals surface area contributed by atoms with Crippen molar-refractivity contribution >= 4 is 11.9 Å². The van der Waals surface area contributed by atoms with Crippen LogP contribution < -0.4 is 0 Å². The van der Waals surface area contributed by atoms with Crippen molar-refractivity contribution in [3.63, 3.8) is 0 Å². The Bertz CT molecular complexity index is 547. The summed E-state index contributed by atoms with van der Waals surface area (Å²) < 4.78 is 0. The second kappa shape index (κ2) is 5.23. The normalized spacial score (nSPS) is 14.8. The van der Waals surface area contributed by atoms with Crippen molar-refractivity contribution in [2.75, 3.05) is 6.54 Å². The van der Waals surface area contributed by atoms with Crippen molar-refractivity contribution < 1.29 is 14.7 Å². The summed E-state index contributed by atoms with van der Waals surface area (Å²) in [7, 11) is 0. The Labute approximate surface area is 118 Å². The molecule has 0 aromatic carbocycles. The number of hydrogen-bond donors (Lipinski definition) is 1. The number of rotatable bonds is 2. The first-order chi connectivity index (χ1) is 9.28. The van der Waals surface area contributed by atoms with Gasteiger partial charge in [-0.05, 0) is 23.0 Å². The van der Waals surface area contributed by atoms with E-state index in [4.69, 9.17) is 5.11 Å². The predicted octanol–water partition coefficient (Wildman–Crippen LogP) is 2.10. The SMILES string of the molecule is CC(C)(C)CC(=O)N1CCc2c(cncc2C(=O)O)C1. The lowest BCUT2D eigenvalue weighted by Gasteiger charge is -2.31. The molecule has 1 N–H and O–H groups in total. The Morgan fingerprint density at radius 3 is 2.65 bits per heavy atom. The molecule has 0 spiro atoms. The number of nitrogens with zero attached hydrogens (tertiary/aromatic N) is 2. The highest BCUT2D eigenvalue weighted by molar-refractivity contribution is 5.89. The predicted molar refractivity (Wildman–Crippen MR) is 74.4 cm³/mol. The summed E-state index contributed by atoms with van der Waals surface area (Å²) in [5.74, 6) is -0.840. The molecule has 0 atom stereocenters. The van der Waals surface area contributed by atoms with Crippen molar-refractivity contribution in [2.45, 2.75) is 40.2 Å². The van der Waals surface area contributed by atoms with Crippen LogP contribution in [0.15, 0.2) is 12.4 Å². The van der Waals surface area contributed by atoms with Gasteiger partial charge in [-0.15, -0.1) is 0 Å². The maximum absolute atomic E-state index is 12.2. The number of carbonyl (C=O) groups is 2. The third-order valence-corrected chi connectivity index (χ3v) is 3.40. The average Bonchev–Trinajstić information content (AvgIpc) is 2.35. The van der Waals surface area contributed by atoms with Crippen molar-refractivity contribution in [1.29, 1.82) is 0 Å². The van der Waals surface area contributed by atoms with Crippen molar-refractivity contribution in [3.8, 4) is 0 Å². The van der Waals surface area contributed by atoms with E-state index < -0.39 is 5.97 Å². The molecule has 0 aliphatic carbocycles. The second-order valence-corrected chi connectivity index (χ2v) is 6.43. The third kappa shape index (κ3) is 3.15. The maximum Gasteiger partial charge on any atom is 0.337 e. The summed E-state index contributed by atoms with van der Waals surface area (Å²) in [5, 5.41) is 9.15. The molecule has 0 saturated carbocycles. The van der Waals surface area contributed by atoms with Gasteiger partial charge in [-0.3, -0.25) is 9.78 Å². The fourth-order valence-electron chi connectivity index (χ4n) is 2.46. The van der Waals surface area contributed by atoms with Crippen LogP contribution in [0.5, 0.6) is 0 Å². The van der Waals surface area contributed by atoms with Gasteiger partial charge in [0.05, 0.1) is 5.56 Å². The van der Waals surface area contributed by atoms with E-state index in [9.17, 15) is 9.59 Å². The quantitative estimate of drug-likeness (QED) is 0.898. The summed E-state index contributed by atoms with van der Waals surface area (Å²) >= 11 is 0. The molecule has 1 aliphatic heterocycles. The molecule has 0 unspecified atom stereocenters. The smallest absolute Gasteiger partial charge is 0.337 e. The molecule has 2 rings (SSSR count). The van der Waals surface area contributed by atoms with Gasteiger partial charge in [0.25, 0.3) is 0 Å². The molecule has 108 valence electrons. The molecule has 1 aromatic heterocycles. The van der Waals surface area contributed by atoms with Gasteiger partial charge >= 0.3 is 5.97 Å². The van der Waals surface area contributed by atoms with Gasteiger partial charge in [-0.2, -0.15) is 0 Å². The fraction of sp³-hybridized carbons (Fsp3) is 0.533. The van der Waals surface area contributed by atoms with Crippen LogP contribution in [0, 0.1) is 5.41 Å². The topological polar surface area (TPSA) is 70.5 Å². The van der Waals surface area contributed by atoms with Gasteiger partial charge in [-0.1, -0.05) is 20.8 Å². The Hall–Kier alpha value is -1.91. The zero-order valence-electron chi connectivity index (χ0n) is 12.1. The van der Waals surface area contributed by atoms with Crippen LogP contribution >= 0.6 is 0 Å². The monoisotopic (exact) mass is 276 g/mol. The van der Waals surface area contributed by atoms with E-state index in [1.54, 1.807) is 11.1 Å². The lowest BCUT2D eigenvalue weighted by atomic mass is 9.90. The lowest BCUT2D eigenvalue weighted by Crippen LogP contribution is -2.38. The lowest BCUT2D eigenvalue weighted by molar-refractivity contribution is -0.134. The number of carboxylic acid groups (broad SMARTS) is 1. The van der Waals surface area contributed by atoms with E-state index in [1.165, 1.54) is 6.20 Å². The Morgan fingerprint density at radius 2 is 2.05 bits per heavy atom. The molecule has 0 saturated heterocycles. The van der Waals surface area contributed by atoms with Gasteiger partial charge in [0.15, 0.2) is 0 Å². The second-order valence-electron chi connectivity index (χ2n) is 6.43. The van der Waals surface area contributed by atoms with Crippen LogP contribution in [0.3, 0.4) is 0 Å². The molecular weight excluding hydrogens is 256 g/mol. The molecule has 5 heteroatoms. The van der Waals surface area contributed by atoms with Crippen LogP contribution in [0.4, 0.5) is 0 Å². The highest BCUT2D eigenvalue weighted by Gasteiger charge is 2.26. The molecule has 2 heterocycles. The van der Waals surface area contributed by atoms with E-state index in [-0.39, 0.29) is 16.9 Å². The number of pyridine rings is 1. The number of carboxylic acids is 1. The molecule has 1 aromatic rings. The maximum atomic E-state index is 12.2. The molecular formula is C15H20N2O3. The molecule has 20 heavy (non-hydrogen) atoms. The van der Waals surface area contributed by atoms with Gasteiger partial charge in [0.2, 0.25) is 5.91 Å². The van der Waals surface area contributed by atoms with Crippen LogP contribution in [0.1, 0.15) is 48.7 Å². The van der Waals surface area contributed by atoms with Gasteiger partial charge in [0, 0.05) is 31.9 Å². The van der Waals surface area contributed by atoms with E-state index in [0.717, 1.165) is 11.1 Å². The Kier molecular flexibility index (Phi) is 3.79. The number of aromatic carboxylic acids is 1. The summed E-state index contributed by atoms with van der Waals surface area (Å²) in [6.45, 7) is 7.14. The zero-order valence-corrected chi connectivity index (χ0v) is 12.1. The molecule has 1 aliphatic rings. The Morgan fingerprint density at radius 1 is 1.35 bits per heavy atom. The molecule has 0 bridgehead atoms. The average molecular weight is 276 g/mol. The van der Waals surface area contributed by atoms with Crippen molar-refractivity contribution in [3.05, 3.63) is 29.1 Å². The standard InChI is InChI=1S/C15H20N2O3/c1-15(2,3)6-13(18)17-5-4-11-10(9-17)7-16-8-12(11)14(19)20/h7-8H,4-6,9H2,1-3H3,(H,19,20).